The fraction of sp³-hybridized carbons (Fsp3) is 0.870. The van der Waals surface area contributed by atoms with Gasteiger partial charge in [-0.15, -0.1) is 0 Å². The molecule has 0 unspecified atom stereocenters. The molecule has 4 atom stereocenters. The Morgan fingerprint density at radius 3 is 1.97 bits per heavy atom. The van der Waals surface area contributed by atoms with Crippen LogP contribution < -0.4 is 0 Å². The molecular weight excluding hydrogens is 372 g/mol. The lowest BCUT2D eigenvalue weighted by atomic mass is 10.0. The van der Waals surface area contributed by atoms with E-state index < -0.39 is 24.5 Å². The molecule has 1 aliphatic heterocycles. The molecule has 1 saturated heterocycles. The Hall–Kier alpha value is -0.950. The van der Waals surface area contributed by atoms with Gasteiger partial charge in [0.1, 0.15) is 6.10 Å². The van der Waals surface area contributed by atoms with Crippen LogP contribution in [0.3, 0.4) is 0 Å². The molecule has 0 radical (unpaired) electrons. The molecule has 0 aromatic carbocycles. The number of unbranched alkanes of at least 4 members (excludes halogenated alkanes) is 12. The van der Waals surface area contributed by atoms with Crippen molar-refractivity contribution in [3.8, 4) is 0 Å². The van der Waals surface area contributed by atoms with E-state index in [1.165, 1.54) is 63.9 Å². The molecule has 6 heteroatoms. The van der Waals surface area contributed by atoms with Crippen LogP contribution in [0.4, 0.5) is 0 Å². The number of allylic oxidation sites excluding steroid dienone is 1. The summed E-state index contributed by atoms with van der Waals surface area (Å²) in [7, 11) is 0. The smallest absolute Gasteiger partial charge is 0.327 e. The number of ether oxygens (including phenoxy) is 2. The predicted octanol–water partition coefficient (Wildman–Crippen LogP) is 4.57. The van der Waals surface area contributed by atoms with Crippen molar-refractivity contribution in [2.75, 3.05) is 6.61 Å². The molecule has 0 amide bonds. The topological polar surface area (TPSA) is 96.2 Å². The minimum absolute atomic E-state index is 0.288. The standard InChI is InChI=1S/C23H42O6/c1-19-20(24)18-21(25)23(29-19)28-17-15-13-11-9-7-5-3-2-4-6-8-10-12-14-16-22(26)27/h14,16,19-21,23-25H,2-13,15,17-18H2,1H3,(H,26,27)/b16-14+/t19-,20+,21+,23+/m0/s1. The van der Waals surface area contributed by atoms with Crippen molar-refractivity contribution in [3.05, 3.63) is 12.2 Å². The first-order valence-electron chi connectivity index (χ1n) is 11.5. The quantitative estimate of drug-likeness (QED) is 0.238. The molecule has 3 N–H and O–H groups in total. The van der Waals surface area contributed by atoms with Crippen molar-refractivity contribution in [2.45, 2.75) is 121 Å². The van der Waals surface area contributed by atoms with Gasteiger partial charge in [0.25, 0.3) is 0 Å². The van der Waals surface area contributed by atoms with E-state index in [2.05, 4.69) is 0 Å². The van der Waals surface area contributed by atoms with E-state index in [9.17, 15) is 15.0 Å². The molecule has 0 saturated carbocycles. The predicted molar refractivity (Wildman–Crippen MR) is 114 cm³/mol. The average Bonchev–Trinajstić information content (AvgIpc) is 2.67. The van der Waals surface area contributed by atoms with E-state index in [0.717, 1.165) is 25.7 Å². The van der Waals surface area contributed by atoms with Crippen molar-refractivity contribution in [2.24, 2.45) is 0 Å². The first-order valence-corrected chi connectivity index (χ1v) is 11.5. The zero-order chi connectivity index (χ0) is 21.3. The van der Waals surface area contributed by atoms with Gasteiger partial charge in [0.05, 0.1) is 12.2 Å². The van der Waals surface area contributed by atoms with Crippen LogP contribution in [-0.2, 0) is 14.3 Å². The third-order valence-corrected chi connectivity index (χ3v) is 5.50. The highest BCUT2D eigenvalue weighted by Gasteiger charge is 2.34. The number of carboxylic acid groups (broad SMARTS) is 1. The van der Waals surface area contributed by atoms with Crippen LogP contribution in [-0.4, -0.2) is 52.5 Å². The van der Waals surface area contributed by atoms with E-state index in [1.54, 1.807) is 13.0 Å². The summed E-state index contributed by atoms with van der Waals surface area (Å²) in [5, 5.41) is 28.0. The highest BCUT2D eigenvalue weighted by molar-refractivity contribution is 5.79. The van der Waals surface area contributed by atoms with Crippen LogP contribution in [0.5, 0.6) is 0 Å². The van der Waals surface area contributed by atoms with Gasteiger partial charge < -0.3 is 24.8 Å². The Balaban J connectivity index is 1.79. The van der Waals surface area contributed by atoms with Crippen molar-refractivity contribution < 1.29 is 29.6 Å². The maximum Gasteiger partial charge on any atom is 0.327 e. The second-order valence-corrected chi connectivity index (χ2v) is 8.22. The number of carbonyl (C=O) groups is 1. The molecule has 0 aromatic heterocycles. The van der Waals surface area contributed by atoms with E-state index >= 15 is 0 Å². The Bertz CT molecular complexity index is 439. The van der Waals surface area contributed by atoms with Gasteiger partial charge in [-0.05, 0) is 26.2 Å². The van der Waals surface area contributed by atoms with Gasteiger partial charge in [0.15, 0.2) is 6.29 Å². The highest BCUT2D eigenvalue weighted by Crippen LogP contribution is 2.21. The van der Waals surface area contributed by atoms with Gasteiger partial charge in [0.2, 0.25) is 0 Å². The summed E-state index contributed by atoms with van der Waals surface area (Å²) in [5.74, 6) is -0.858. The fourth-order valence-corrected chi connectivity index (χ4v) is 3.61. The number of aliphatic hydroxyl groups excluding tert-OH is 2. The molecule has 1 heterocycles. The first-order chi connectivity index (χ1) is 14.0. The molecular formula is C23H42O6. The first kappa shape index (κ1) is 26.1. The Morgan fingerprint density at radius 2 is 1.41 bits per heavy atom. The van der Waals surface area contributed by atoms with Gasteiger partial charge in [-0.25, -0.2) is 4.79 Å². The van der Waals surface area contributed by atoms with Gasteiger partial charge >= 0.3 is 5.97 Å². The molecule has 0 aliphatic carbocycles. The third-order valence-electron chi connectivity index (χ3n) is 5.50. The van der Waals surface area contributed by atoms with E-state index in [-0.39, 0.29) is 6.10 Å². The summed E-state index contributed by atoms with van der Waals surface area (Å²) in [4.78, 5) is 10.3. The van der Waals surface area contributed by atoms with Crippen molar-refractivity contribution >= 4 is 5.97 Å². The van der Waals surface area contributed by atoms with Crippen LogP contribution in [0.15, 0.2) is 12.2 Å². The average molecular weight is 415 g/mol. The second-order valence-electron chi connectivity index (χ2n) is 8.22. The Morgan fingerprint density at radius 1 is 0.897 bits per heavy atom. The molecule has 0 aromatic rings. The molecule has 1 rings (SSSR count). The van der Waals surface area contributed by atoms with Gasteiger partial charge in [-0.3, -0.25) is 0 Å². The lowest BCUT2D eigenvalue weighted by Crippen LogP contribution is -2.47. The van der Waals surface area contributed by atoms with Crippen molar-refractivity contribution in [3.63, 3.8) is 0 Å². The van der Waals surface area contributed by atoms with Crippen LogP contribution in [0.2, 0.25) is 0 Å². The van der Waals surface area contributed by atoms with Gasteiger partial charge in [-0.2, -0.15) is 0 Å². The van der Waals surface area contributed by atoms with Crippen molar-refractivity contribution in [1.82, 2.24) is 0 Å². The minimum Gasteiger partial charge on any atom is -0.478 e. The van der Waals surface area contributed by atoms with E-state index in [0.29, 0.717) is 13.0 Å². The SMILES string of the molecule is C[C@@H]1O[C@@H](OCCCCCCCCCCCCCC/C=C/C(=O)O)[C@H](O)C[C@H]1O. The molecule has 170 valence electrons. The lowest BCUT2D eigenvalue weighted by Gasteiger charge is -2.35. The number of hydrogen-bond acceptors (Lipinski definition) is 5. The maximum absolute atomic E-state index is 10.3. The zero-order valence-electron chi connectivity index (χ0n) is 18.1. The van der Waals surface area contributed by atoms with E-state index in [1.807, 2.05) is 0 Å². The Kier molecular flexibility index (Phi) is 15.1. The Labute approximate surface area is 176 Å². The fourth-order valence-electron chi connectivity index (χ4n) is 3.61. The number of aliphatic carboxylic acids is 1. The van der Waals surface area contributed by atoms with E-state index in [4.69, 9.17) is 14.6 Å². The zero-order valence-corrected chi connectivity index (χ0v) is 18.1. The second kappa shape index (κ2) is 16.8. The molecule has 1 fully saturated rings. The molecule has 1 aliphatic rings. The van der Waals surface area contributed by atoms with Gasteiger partial charge in [0, 0.05) is 19.1 Å². The number of carboxylic acids is 1. The molecule has 6 nitrogen and oxygen atoms in total. The molecule has 0 bridgehead atoms. The summed E-state index contributed by atoms with van der Waals surface area (Å²) in [6, 6.07) is 0. The van der Waals surface area contributed by atoms with Crippen LogP contribution >= 0.6 is 0 Å². The summed E-state index contributed by atoms with van der Waals surface area (Å²) in [5.41, 5.74) is 0. The summed E-state index contributed by atoms with van der Waals surface area (Å²) < 4.78 is 11.1. The number of hydrogen-bond donors (Lipinski definition) is 3. The summed E-state index contributed by atoms with van der Waals surface area (Å²) >= 11 is 0. The van der Waals surface area contributed by atoms with Crippen LogP contribution in [0.1, 0.15) is 96.8 Å². The van der Waals surface area contributed by atoms with Crippen molar-refractivity contribution in [1.29, 1.82) is 0 Å². The minimum atomic E-state index is -0.858. The van der Waals surface area contributed by atoms with Crippen LogP contribution in [0, 0.1) is 0 Å². The van der Waals surface area contributed by atoms with Gasteiger partial charge in [-0.1, -0.05) is 70.3 Å². The highest BCUT2D eigenvalue weighted by atomic mass is 16.7. The number of rotatable bonds is 17. The molecule has 0 spiro atoms. The summed E-state index contributed by atoms with van der Waals surface area (Å²) in [6.45, 7) is 2.40. The lowest BCUT2D eigenvalue weighted by molar-refractivity contribution is -0.261. The van der Waals surface area contributed by atoms with Crippen LogP contribution in [0.25, 0.3) is 0 Å². The summed E-state index contributed by atoms with van der Waals surface area (Å²) in [6.07, 6.45) is 16.5. The normalized spacial score (nSPS) is 24.9. The maximum atomic E-state index is 10.3. The largest absolute Gasteiger partial charge is 0.478 e. The molecule has 29 heavy (non-hydrogen) atoms. The number of aliphatic hydroxyl groups is 2. The third kappa shape index (κ3) is 13.8. The monoisotopic (exact) mass is 414 g/mol.